The maximum atomic E-state index is 13.1. The molecule has 0 radical (unpaired) electrons. The SMILES string of the molecule is CC(C)CCOc1cc(O)c(F)cc1F. The molecule has 0 aliphatic carbocycles. The Morgan fingerprint density at radius 1 is 1.27 bits per heavy atom. The summed E-state index contributed by atoms with van der Waals surface area (Å²) in [5.74, 6) is -2.05. The van der Waals surface area contributed by atoms with Crippen molar-refractivity contribution >= 4 is 0 Å². The van der Waals surface area contributed by atoms with Gasteiger partial charge in [-0.3, -0.25) is 0 Å². The summed E-state index contributed by atoms with van der Waals surface area (Å²) >= 11 is 0. The van der Waals surface area contributed by atoms with E-state index in [4.69, 9.17) is 9.84 Å². The van der Waals surface area contributed by atoms with Gasteiger partial charge in [0.25, 0.3) is 0 Å². The highest BCUT2D eigenvalue weighted by atomic mass is 19.1. The smallest absolute Gasteiger partial charge is 0.168 e. The molecule has 1 aromatic carbocycles. The standard InChI is InChI=1S/C11H14F2O2/c1-7(2)3-4-15-11-6-10(14)8(12)5-9(11)13/h5-7,14H,3-4H2,1-2H3. The lowest BCUT2D eigenvalue weighted by Crippen LogP contribution is -2.03. The molecular formula is C11H14F2O2. The number of benzene rings is 1. The quantitative estimate of drug-likeness (QED) is 0.838. The largest absolute Gasteiger partial charge is 0.505 e. The van der Waals surface area contributed by atoms with E-state index < -0.39 is 17.4 Å². The van der Waals surface area contributed by atoms with Crippen LogP contribution in [0.3, 0.4) is 0 Å². The first-order valence-electron chi connectivity index (χ1n) is 4.81. The van der Waals surface area contributed by atoms with Crippen LogP contribution in [0.4, 0.5) is 8.78 Å². The highest BCUT2D eigenvalue weighted by Gasteiger charge is 2.10. The van der Waals surface area contributed by atoms with Crippen molar-refractivity contribution in [1.82, 2.24) is 0 Å². The molecule has 1 rings (SSSR count). The maximum absolute atomic E-state index is 13.1. The molecule has 0 aliphatic heterocycles. The Morgan fingerprint density at radius 3 is 2.53 bits per heavy atom. The molecule has 0 aliphatic rings. The second-order valence-corrected chi connectivity index (χ2v) is 3.77. The van der Waals surface area contributed by atoms with Crippen LogP contribution >= 0.6 is 0 Å². The predicted molar refractivity (Wildman–Crippen MR) is 53.0 cm³/mol. The van der Waals surface area contributed by atoms with Crippen LogP contribution in [0.15, 0.2) is 12.1 Å². The van der Waals surface area contributed by atoms with Crippen molar-refractivity contribution in [2.45, 2.75) is 20.3 Å². The predicted octanol–water partition coefficient (Wildman–Crippen LogP) is 3.10. The van der Waals surface area contributed by atoms with E-state index >= 15 is 0 Å². The summed E-state index contributed by atoms with van der Waals surface area (Å²) in [6, 6.07) is 1.56. The van der Waals surface area contributed by atoms with Gasteiger partial charge in [-0.05, 0) is 12.3 Å². The minimum Gasteiger partial charge on any atom is -0.505 e. The van der Waals surface area contributed by atoms with E-state index in [-0.39, 0.29) is 5.75 Å². The van der Waals surface area contributed by atoms with Crippen molar-refractivity contribution in [3.63, 3.8) is 0 Å². The Labute approximate surface area is 87.5 Å². The van der Waals surface area contributed by atoms with Crippen molar-refractivity contribution in [2.75, 3.05) is 6.61 Å². The summed E-state index contributed by atoms with van der Waals surface area (Å²) in [4.78, 5) is 0. The highest BCUT2D eigenvalue weighted by molar-refractivity contribution is 5.34. The van der Waals surface area contributed by atoms with Crippen LogP contribution in [0.25, 0.3) is 0 Å². The van der Waals surface area contributed by atoms with E-state index in [1.165, 1.54) is 0 Å². The van der Waals surface area contributed by atoms with Gasteiger partial charge in [0.1, 0.15) is 0 Å². The third-order valence-corrected chi connectivity index (χ3v) is 1.95. The molecule has 15 heavy (non-hydrogen) atoms. The number of hydrogen-bond donors (Lipinski definition) is 1. The van der Waals surface area contributed by atoms with Crippen molar-refractivity contribution in [1.29, 1.82) is 0 Å². The van der Waals surface area contributed by atoms with E-state index in [2.05, 4.69) is 0 Å². The molecule has 0 unspecified atom stereocenters. The number of hydrogen-bond acceptors (Lipinski definition) is 2. The summed E-state index contributed by atoms with van der Waals surface area (Å²) in [5, 5.41) is 9.01. The van der Waals surface area contributed by atoms with Gasteiger partial charge < -0.3 is 9.84 Å². The molecule has 1 N–H and O–H groups in total. The number of aromatic hydroxyl groups is 1. The summed E-state index contributed by atoms with van der Waals surface area (Å²) in [5.41, 5.74) is 0. The van der Waals surface area contributed by atoms with Gasteiger partial charge in [-0.1, -0.05) is 13.8 Å². The molecule has 2 nitrogen and oxygen atoms in total. The highest BCUT2D eigenvalue weighted by Crippen LogP contribution is 2.26. The van der Waals surface area contributed by atoms with Crippen LogP contribution in [0.1, 0.15) is 20.3 Å². The van der Waals surface area contributed by atoms with Gasteiger partial charge in [0.2, 0.25) is 0 Å². The molecule has 0 spiro atoms. The second kappa shape index (κ2) is 4.96. The van der Waals surface area contributed by atoms with Gasteiger partial charge in [-0.15, -0.1) is 0 Å². The Hall–Kier alpha value is -1.32. The monoisotopic (exact) mass is 216 g/mol. The van der Waals surface area contributed by atoms with Gasteiger partial charge in [0.05, 0.1) is 6.61 Å². The van der Waals surface area contributed by atoms with E-state index in [1.54, 1.807) is 0 Å². The first-order valence-corrected chi connectivity index (χ1v) is 4.81. The van der Waals surface area contributed by atoms with Crippen molar-refractivity contribution < 1.29 is 18.6 Å². The molecule has 0 bridgehead atoms. The zero-order valence-electron chi connectivity index (χ0n) is 8.76. The molecule has 0 aromatic heterocycles. The minimum absolute atomic E-state index is 0.116. The van der Waals surface area contributed by atoms with Crippen LogP contribution in [0.2, 0.25) is 0 Å². The Balaban J connectivity index is 2.65. The second-order valence-electron chi connectivity index (χ2n) is 3.77. The van der Waals surface area contributed by atoms with Crippen LogP contribution in [0, 0.1) is 17.6 Å². The van der Waals surface area contributed by atoms with Crippen LogP contribution < -0.4 is 4.74 Å². The van der Waals surface area contributed by atoms with Gasteiger partial charge in [-0.2, -0.15) is 0 Å². The molecule has 0 amide bonds. The van der Waals surface area contributed by atoms with E-state index in [1.807, 2.05) is 13.8 Å². The third-order valence-electron chi connectivity index (χ3n) is 1.95. The summed E-state index contributed by atoms with van der Waals surface area (Å²) in [7, 11) is 0. The number of phenols is 1. The molecule has 1 aromatic rings. The van der Waals surface area contributed by atoms with Crippen molar-refractivity contribution in [3.05, 3.63) is 23.8 Å². The van der Waals surface area contributed by atoms with Crippen molar-refractivity contribution in [2.24, 2.45) is 5.92 Å². The molecule has 0 heterocycles. The molecule has 0 atom stereocenters. The molecule has 0 fully saturated rings. The fourth-order valence-corrected chi connectivity index (χ4v) is 1.03. The first kappa shape index (κ1) is 11.8. The Bertz CT molecular complexity index is 338. The van der Waals surface area contributed by atoms with Gasteiger partial charge in [0.15, 0.2) is 23.1 Å². The zero-order valence-corrected chi connectivity index (χ0v) is 8.76. The maximum Gasteiger partial charge on any atom is 0.168 e. The van der Waals surface area contributed by atoms with E-state index in [0.717, 1.165) is 12.5 Å². The summed E-state index contributed by atoms with van der Waals surface area (Å²) in [6.45, 7) is 4.38. The fraction of sp³-hybridized carbons (Fsp3) is 0.455. The third kappa shape index (κ3) is 3.38. The molecule has 4 heteroatoms. The minimum atomic E-state index is -0.983. The zero-order chi connectivity index (χ0) is 11.4. The van der Waals surface area contributed by atoms with E-state index in [9.17, 15) is 8.78 Å². The number of rotatable bonds is 4. The fourth-order valence-electron chi connectivity index (χ4n) is 1.03. The average Bonchev–Trinajstić information content (AvgIpc) is 2.13. The lowest BCUT2D eigenvalue weighted by Gasteiger charge is -2.09. The van der Waals surface area contributed by atoms with E-state index in [0.29, 0.717) is 18.6 Å². The normalized spacial score (nSPS) is 10.7. The summed E-state index contributed by atoms with van der Waals surface area (Å²) < 4.78 is 30.8. The van der Waals surface area contributed by atoms with Crippen LogP contribution in [0.5, 0.6) is 11.5 Å². The molecule has 84 valence electrons. The Morgan fingerprint density at radius 2 is 1.93 bits per heavy atom. The van der Waals surface area contributed by atoms with Gasteiger partial charge in [0, 0.05) is 12.1 Å². The lowest BCUT2D eigenvalue weighted by molar-refractivity contribution is 0.273. The molecule has 0 saturated carbocycles. The topological polar surface area (TPSA) is 29.5 Å². The van der Waals surface area contributed by atoms with Crippen molar-refractivity contribution in [3.8, 4) is 11.5 Å². The van der Waals surface area contributed by atoms with Gasteiger partial charge in [-0.25, -0.2) is 8.78 Å². The van der Waals surface area contributed by atoms with Crippen LogP contribution in [-0.4, -0.2) is 11.7 Å². The van der Waals surface area contributed by atoms with Crippen LogP contribution in [-0.2, 0) is 0 Å². The molecule has 0 saturated heterocycles. The Kier molecular flexibility index (Phi) is 3.88. The summed E-state index contributed by atoms with van der Waals surface area (Å²) in [6.07, 6.45) is 0.775. The lowest BCUT2D eigenvalue weighted by atomic mass is 10.1. The number of halogens is 2. The molecular weight excluding hydrogens is 202 g/mol. The number of ether oxygens (including phenoxy) is 1. The first-order chi connectivity index (χ1) is 7.00. The number of phenolic OH excluding ortho intramolecular Hbond substituents is 1. The average molecular weight is 216 g/mol. The van der Waals surface area contributed by atoms with Gasteiger partial charge >= 0.3 is 0 Å².